The summed E-state index contributed by atoms with van der Waals surface area (Å²) in [6.07, 6.45) is 1.71. The van der Waals surface area contributed by atoms with E-state index in [2.05, 4.69) is 5.32 Å². The van der Waals surface area contributed by atoms with E-state index >= 15 is 0 Å². The van der Waals surface area contributed by atoms with Crippen molar-refractivity contribution in [1.82, 2.24) is 5.32 Å². The Morgan fingerprint density at radius 2 is 1.79 bits per heavy atom. The molecule has 0 aliphatic rings. The smallest absolute Gasteiger partial charge is 0.244 e. The summed E-state index contributed by atoms with van der Waals surface area (Å²) in [6, 6.07) is 14.1. The first-order valence-electron chi connectivity index (χ1n) is 9.44. The van der Waals surface area contributed by atoms with Crippen LogP contribution in [0.5, 0.6) is 5.75 Å². The lowest BCUT2D eigenvalue weighted by Gasteiger charge is -2.33. The minimum absolute atomic E-state index is 0.346. The van der Waals surface area contributed by atoms with Crippen molar-refractivity contribution in [2.24, 2.45) is 0 Å². The molecule has 0 heterocycles. The van der Waals surface area contributed by atoms with Gasteiger partial charge in [0.25, 0.3) is 0 Å². The molecule has 0 saturated heterocycles. The van der Waals surface area contributed by atoms with Crippen LogP contribution in [0.25, 0.3) is 0 Å². The maximum Gasteiger partial charge on any atom is 0.244 e. The van der Waals surface area contributed by atoms with Crippen LogP contribution in [0.2, 0.25) is 0 Å². The average molecular weight is 419 g/mol. The highest BCUT2D eigenvalue weighted by Gasteiger charge is 2.33. The summed E-state index contributed by atoms with van der Waals surface area (Å²) in [4.78, 5) is 13.0. The van der Waals surface area contributed by atoms with Gasteiger partial charge in [-0.25, -0.2) is 8.42 Å². The number of nitrogens with one attached hydrogen (secondary N) is 1. The second-order valence-corrected chi connectivity index (χ2v) is 9.81. The van der Waals surface area contributed by atoms with Crippen molar-refractivity contribution in [3.8, 4) is 5.75 Å². The molecule has 0 aromatic heterocycles. The van der Waals surface area contributed by atoms with Gasteiger partial charge in [-0.15, -0.1) is 0 Å². The molecule has 1 N–H and O–H groups in total. The first kappa shape index (κ1) is 22.7. The lowest BCUT2D eigenvalue weighted by molar-refractivity contribution is -0.123. The first-order valence-corrected chi connectivity index (χ1v) is 11.3. The van der Waals surface area contributed by atoms with Gasteiger partial charge < -0.3 is 10.1 Å². The molecule has 0 fully saturated rings. The van der Waals surface area contributed by atoms with E-state index in [4.69, 9.17) is 4.74 Å². The van der Waals surface area contributed by atoms with E-state index in [9.17, 15) is 13.2 Å². The molecule has 7 heteroatoms. The normalized spacial score (nSPS) is 12.9. The topological polar surface area (TPSA) is 75.7 Å². The Hall–Kier alpha value is -2.54. The molecule has 6 nitrogen and oxygen atoms in total. The van der Waals surface area contributed by atoms with Crippen LogP contribution in [0, 0.1) is 6.92 Å². The van der Waals surface area contributed by atoms with Crippen LogP contribution < -0.4 is 14.4 Å². The first-order chi connectivity index (χ1) is 13.4. The summed E-state index contributed by atoms with van der Waals surface area (Å²) < 4.78 is 31.7. The number of carbonyl (C=O) groups excluding carboxylic acids is 1. The van der Waals surface area contributed by atoms with Gasteiger partial charge in [0, 0.05) is 5.54 Å². The van der Waals surface area contributed by atoms with Crippen molar-refractivity contribution < 1.29 is 17.9 Å². The van der Waals surface area contributed by atoms with Gasteiger partial charge in [0.15, 0.2) is 0 Å². The molecule has 0 aliphatic heterocycles. The Labute approximate surface area is 173 Å². The van der Waals surface area contributed by atoms with Gasteiger partial charge in [-0.1, -0.05) is 36.4 Å². The Bertz CT molecular complexity index is 956. The number of carbonyl (C=O) groups is 1. The largest absolute Gasteiger partial charge is 0.495 e. The number of ether oxygens (including phenoxy) is 1. The van der Waals surface area contributed by atoms with Crippen LogP contribution in [-0.2, 0) is 21.2 Å². The van der Waals surface area contributed by atoms with Gasteiger partial charge in [0.05, 0.1) is 19.1 Å². The van der Waals surface area contributed by atoms with Crippen LogP contribution in [0.15, 0.2) is 48.5 Å². The number of aryl methyl sites for hydroxylation is 1. The van der Waals surface area contributed by atoms with E-state index in [0.717, 1.165) is 21.7 Å². The van der Waals surface area contributed by atoms with Gasteiger partial charge in [-0.2, -0.15) is 0 Å². The molecule has 2 rings (SSSR count). The zero-order chi connectivity index (χ0) is 21.8. The Balaban J connectivity index is 2.31. The number of amides is 1. The van der Waals surface area contributed by atoms with Crippen molar-refractivity contribution >= 4 is 21.6 Å². The summed E-state index contributed by atoms with van der Waals surface area (Å²) in [6.45, 7) is 7.28. The zero-order valence-electron chi connectivity index (χ0n) is 17.9. The molecule has 158 valence electrons. The minimum atomic E-state index is -3.73. The third-order valence-electron chi connectivity index (χ3n) is 4.61. The molecular formula is C22H30N2O4S. The van der Waals surface area contributed by atoms with Crippen LogP contribution in [0.4, 0.5) is 5.69 Å². The van der Waals surface area contributed by atoms with Crippen molar-refractivity contribution in [3.63, 3.8) is 0 Å². The fourth-order valence-electron chi connectivity index (χ4n) is 3.34. The fraction of sp³-hybridized carbons (Fsp3) is 0.409. The van der Waals surface area contributed by atoms with Crippen molar-refractivity contribution in [2.75, 3.05) is 17.7 Å². The molecule has 1 amide bonds. The Morgan fingerprint density at radius 1 is 1.17 bits per heavy atom. The van der Waals surface area contributed by atoms with E-state index in [1.54, 1.807) is 19.1 Å². The second-order valence-electron chi connectivity index (χ2n) is 7.95. The maximum absolute atomic E-state index is 13.0. The van der Waals surface area contributed by atoms with E-state index in [0.29, 0.717) is 17.9 Å². The highest BCUT2D eigenvalue weighted by atomic mass is 32.2. The zero-order valence-corrected chi connectivity index (χ0v) is 18.7. The van der Waals surface area contributed by atoms with Gasteiger partial charge in [-0.05, 0) is 57.4 Å². The SMILES string of the molecule is COc1ccc(C)cc1N([C@H](C)C(=O)NC(C)(C)Cc1ccccc1)S(C)(=O)=O. The molecule has 2 aromatic rings. The van der Waals surface area contributed by atoms with Crippen LogP contribution in [-0.4, -0.2) is 39.3 Å². The van der Waals surface area contributed by atoms with Gasteiger partial charge in [0.2, 0.25) is 15.9 Å². The highest BCUT2D eigenvalue weighted by Crippen LogP contribution is 2.32. The lowest BCUT2D eigenvalue weighted by Crippen LogP contribution is -2.54. The molecule has 0 bridgehead atoms. The van der Waals surface area contributed by atoms with E-state index in [1.807, 2.05) is 57.2 Å². The van der Waals surface area contributed by atoms with Crippen molar-refractivity contribution in [2.45, 2.75) is 45.7 Å². The number of anilines is 1. The van der Waals surface area contributed by atoms with Crippen LogP contribution >= 0.6 is 0 Å². The lowest BCUT2D eigenvalue weighted by atomic mass is 9.94. The van der Waals surface area contributed by atoms with Crippen molar-refractivity contribution in [3.05, 3.63) is 59.7 Å². The number of methoxy groups -OCH3 is 1. The Kier molecular flexibility index (Phi) is 6.95. The summed E-state index contributed by atoms with van der Waals surface area (Å²) >= 11 is 0. The molecule has 1 atom stereocenters. The van der Waals surface area contributed by atoms with E-state index < -0.39 is 21.6 Å². The minimum Gasteiger partial charge on any atom is -0.495 e. The molecular weight excluding hydrogens is 388 g/mol. The molecule has 0 radical (unpaired) electrons. The predicted octanol–water partition coefficient (Wildman–Crippen LogP) is 3.30. The van der Waals surface area contributed by atoms with Crippen LogP contribution in [0.1, 0.15) is 31.9 Å². The number of rotatable bonds is 8. The van der Waals surface area contributed by atoms with Crippen molar-refractivity contribution in [1.29, 1.82) is 0 Å². The standard InChI is InChI=1S/C22H30N2O4S/c1-16-12-13-20(28-5)19(14-16)24(29(6,26)27)17(2)21(25)23-22(3,4)15-18-10-8-7-9-11-18/h7-14,17H,15H2,1-6H3,(H,23,25)/t17-/m1/s1. The number of hydrogen-bond acceptors (Lipinski definition) is 4. The number of hydrogen-bond donors (Lipinski definition) is 1. The van der Waals surface area contributed by atoms with E-state index in [-0.39, 0.29) is 5.91 Å². The monoisotopic (exact) mass is 418 g/mol. The molecule has 0 spiro atoms. The number of sulfonamides is 1. The third-order valence-corrected chi connectivity index (χ3v) is 5.84. The van der Waals surface area contributed by atoms with Crippen LogP contribution in [0.3, 0.4) is 0 Å². The molecule has 0 aliphatic carbocycles. The second kappa shape index (κ2) is 8.86. The van der Waals surface area contributed by atoms with Gasteiger partial charge in [-0.3, -0.25) is 9.10 Å². The molecule has 0 unspecified atom stereocenters. The number of benzene rings is 2. The number of nitrogens with zero attached hydrogens (tertiary/aromatic N) is 1. The summed E-state index contributed by atoms with van der Waals surface area (Å²) in [5, 5.41) is 2.99. The fourth-order valence-corrected chi connectivity index (χ4v) is 4.51. The Morgan fingerprint density at radius 3 is 2.34 bits per heavy atom. The summed E-state index contributed by atoms with van der Waals surface area (Å²) in [5.41, 5.74) is 1.75. The quantitative estimate of drug-likeness (QED) is 0.714. The third kappa shape index (κ3) is 5.97. The molecule has 0 saturated carbocycles. The summed E-state index contributed by atoms with van der Waals surface area (Å²) in [7, 11) is -2.26. The average Bonchev–Trinajstić information content (AvgIpc) is 2.60. The van der Waals surface area contributed by atoms with Gasteiger partial charge >= 0.3 is 0 Å². The highest BCUT2D eigenvalue weighted by molar-refractivity contribution is 7.92. The molecule has 29 heavy (non-hydrogen) atoms. The molecule has 2 aromatic carbocycles. The summed E-state index contributed by atoms with van der Waals surface area (Å²) in [5.74, 6) is 0.0177. The maximum atomic E-state index is 13.0. The van der Waals surface area contributed by atoms with E-state index in [1.165, 1.54) is 7.11 Å². The predicted molar refractivity (Wildman–Crippen MR) is 117 cm³/mol. The van der Waals surface area contributed by atoms with Gasteiger partial charge in [0.1, 0.15) is 11.8 Å².